The lowest BCUT2D eigenvalue weighted by atomic mass is 9.78. The molecule has 1 fully saturated rings. The Morgan fingerprint density at radius 2 is 1.95 bits per heavy atom. The quantitative estimate of drug-likeness (QED) is 0.800. The van der Waals surface area contributed by atoms with E-state index >= 15 is 0 Å². The summed E-state index contributed by atoms with van der Waals surface area (Å²) in [6.45, 7) is 8.37. The molecular formula is C16H21ClN2O2. The smallest absolute Gasteiger partial charge is 0.277 e. The van der Waals surface area contributed by atoms with Crippen LogP contribution < -0.4 is 4.90 Å². The van der Waals surface area contributed by atoms with Gasteiger partial charge in [-0.25, -0.2) is 0 Å². The van der Waals surface area contributed by atoms with E-state index in [1.54, 1.807) is 22.9 Å². The van der Waals surface area contributed by atoms with Crippen molar-refractivity contribution >= 4 is 23.2 Å². The standard InChI is InChI=1S/C16H21ClN2O2/c1-14(2,3)19-9-15(4)11-8-10(17)6-7-12(11)18(5)16(15,21)13(19)20/h6-8,21H,9H2,1-5H3. The van der Waals surface area contributed by atoms with Gasteiger partial charge in [-0.2, -0.15) is 0 Å². The van der Waals surface area contributed by atoms with Crippen molar-refractivity contribution in [3.05, 3.63) is 28.8 Å². The molecular weight excluding hydrogens is 288 g/mol. The second-order valence-corrected chi connectivity index (χ2v) is 7.72. The van der Waals surface area contributed by atoms with Crippen molar-refractivity contribution in [2.24, 2.45) is 0 Å². The molecule has 0 aromatic heterocycles. The van der Waals surface area contributed by atoms with Gasteiger partial charge >= 0.3 is 0 Å². The van der Waals surface area contributed by atoms with Crippen LogP contribution in [0, 0.1) is 0 Å². The minimum Gasteiger partial charge on any atom is -0.362 e. The molecule has 2 atom stereocenters. The summed E-state index contributed by atoms with van der Waals surface area (Å²) in [5, 5.41) is 11.9. The van der Waals surface area contributed by atoms with Gasteiger partial charge in [-0.15, -0.1) is 0 Å². The van der Waals surface area contributed by atoms with Crippen molar-refractivity contribution in [2.75, 3.05) is 18.5 Å². The summed E-state index contributed by atoms with van der Waals surface area (Å²) in [6.07, 6.45) is 0. The average Bonchev–Trinajstić information content (AvgIpc) is 2.69. The topological polar surface area (TPSA) is 43.8 Å². The number of rotatable bonds is 0. The van der Waals surface area contributed by atoms with E-state index in [1.807, 2.05) is 39.8 Å². The van der Waals surface area contributed by atoms with Crippen LogP contribution in [0.2, 0.25) is 5.02 Å². The molecule has 114 valence electrons. The van der Waals surface area contributed by atoms with Crippen molar-refractivity contribution in [3.63, 3.8) is 0 Å². The third-order valence-corrected chi connectivity index (χ3v) is 5.23. The number of benzene rings is 1. The number of nitrogens with zero attached hydrogens (tertiary/aromatic N) is 2. The monoisotopic (exact) mass is 308 g/mol. The van der Waals surface area contributed by atoms with E-state index in [1.165, 1.54) is 0 Å². The van der Waals surface area contributed by atoms with E-state index < -0.39 is 11.1 Å². The zero-order valence-electron chi connectivity index (χ0n) is 13.1. The highest BCUT2D eigenvalue weighted by Crippen LogP contribution is 2.55. The molecule has 0 spiro atoms. The molecule has 0 bridgehead atoms. The maximum absolute atomic E-state index is 12.9. The van der Waals surface area contributed by atoms with E-state index in [2.05, 4.69) is 0 Å². The number of aliphatic hydroxyl groups is 1. The molecule has 1 N–H and O–H groups in total. The first-order chi connectivity index (χ1) is 9.53. The summed E-state index contributed by atoms with van der Waals surface area (Å²) >= 11 is 6.13. The number of hydrogen-bond donors (Lipinski definition) is 1. The molecule has 2 aliphatic heterocycles. The van der Waals surface area contributed by atoms with Gasteiger partial charge in [-0.05, 0) is 51.5 Å². The zero-order chi connectivity index (χ0) is 15.8. The Morgan fingerprint density at radius 1 is 1.33 bits per heavy atom. The Labute approximate surface area is 130 Å². The number of anilines is 1. The van der Waals surface area contributed by atoms with Crippen molar-refractivity contribution in [1.29, 1.82) is 0 Å². The van der Waals surface area contributed by atoms with E-state index in [-0.39, 0.29) is 11.4 Å². The van der Waals surface area contributed by atoms with Gasteiger partial charge in [-0.1, -0.05) is 11.6 Å². The van der Waals surface area contributed by atoms with Gasteiger partial charge < -0.3 is 14.9 Å². The molecule has 0 saturated carbocycles. The van der Waals surface area contributed by atoms with Crippen molar-refractivity contribution in [2.45, 2.75) is 44.4 Å². The van der Waals surface area contributed by atoms with Crippen LogP contribution in [0.15, 0.2) is 18.2 Å². The summed E-state index contributed by atoms with van der Waals surface area (Å²) in [5.41, 5.74) is -0.772. The fourth-order valence-electron chi connectivity index (χ4n) is 3.67. The summed E-state index contributed by atoms with van der Waals surface area (Å²) in [4.78, 5) is 16.4. The highest BCUT2D eigenvalue weighted by atomic mass is 35.5. The van der Waals surface area contributed by atoms with Crippen molar-refractivity contribution < 1.29 is 9.90 Å². The number of carbonyl (C=O) groups excluding carboxylic acids is 1. The first kappa shape index (κ1) is 14.7. The molecule has 21 heavy (non-hydrogen) atoms. The number of hydrogen-bond acceptors (Lipinski definition) is 3. The summed E-state index contributed by atoms with van der Waals surface area (Å²) < 4.78 is 0. The van der Waals surface area contributed by atoms with Crippen molar-refractivity contribution in [3.8, 4) is 0 Å². The fraction of sp³-hybridized carbons (Fsp3) is 0.562. The molecule has 5 heteroatoms. The first-order valence-corrected chi connectivity index (χ1v) is 7.49. The molecule has 1 aromatic rings. The van der Waals surface area contributed by atoms with Gasteiger partial charge in [0.15, 0.2) is 0 Å². The van der Waals surface area contributed by atoms with Gasteiger partial charge in [0.2, 0.25) is 5.72 Å². The van der Waals surface area contributed by atoms with E-state index in [9.17, 15) is 9.90 Å². The average molecular weight is 309 g/mol. The molecule has 2 aliphatic rings. The third-order valence-electron chi connectivity index (χ3n) is 5.00. The molecule has 0 radical (unpaired) electrons. The third kappa shape index (κ3) is 1.58. The van der Waals surface area contributed by atoms with E-state index in [0.717, 1.165) is 11.3 Å². The minimum atomic E-state index is -1.55. The summed E-state index contributed by atoms with van der Waals surface area (Å²) in [5.74, 6) is -0.243. The molecule has 1 amide bonds. The maximum Gasteiger partial charge on any atom is 0.277 e. The van der Waals surface area contributed by atoms with Gasteiger partial charge in [-0.3, -0.25) is 4.79 Å². The molecule has 1 aromatic carbocycles. The molecule has 0 aliphatic carbocycles. The molecule has 2 unspecified atom stereocenters. The van der Waals surface area contributed by atoms with E-state index in [0.29, 0.717) is 11.6 Å². The van der Waals surface area contributed by atoms with Gasteiger partial charge in [0.1, 0.15) is 0 Å². The minimum absolute atomic E-state index is 0.243. The van der Waals surface area contributed by atoms with E-state index in [4.69, 9.17) is 11.6 Å². The van der Waals surface area contributed by atoms with Crippen LogP contribution >= 0.6 is 11.6 Å². The van der Waals surface area contributed by atoms with Gasteiger partial charge in [0.05, 0.1) is 5.41 Å². The second-order valence-electron chi connectivity index (χ2n) is 7.29. The predicted molar refractivity (Wildman–Crippen MR) is 83.6 cm³/mol. The highest BCUT2D eigenvalue weighted by Gasteiger charge is 2.69. The maximum atomic E-state index is 12.9. The lowest BCUT2D eigenvalue weighted by molar-refractivity contribution is -0.148. The van der Waals surface area contributed by atoms with Crippen LogP contribution in [0.5, 0.6) is 0 Å². The van der Waals surface area contributed by atoms with Crippen LogP contribution in [-0.2, 0) is 10.2 Å². The lowest BCUT2D eigenvalue weighted by Gasteiger charge is -2.36. The highest BCUT2D eigenvalue weighted by molar-refractivity contribution is 6.30. The van der Waals surface area contributed by atoms with Gasteiger partial charge in [0.25, 0.3) is 5.91 Å². The SMILES string of the molecule is CN1c2ccc(Cl)cc2C2(C)CN(C(C)(C)C)C(=O)C12O. The van der Waals surface area contributed by atoms with Crippen LogP contribution in [0.4, 0.5) is 5.69 Å². The van der Waals surface area contributed by atoms with Crippen molar-refractivity contribution in [1.82, 2.24) is 4.90 Å². The Balaban J connectivity index is 2.22. The number of carbonyl (C=O) groups is 1. The van der Waals surface area contributed by atoms with Crippen LogP contribution in [0.3, 0.4) is 0 Å². The number of likely N-dealkylation sites (tertiary alicyclic amines) is 1. The summed E-state index contributed by atoms with van der Waals surface area (Å²) in [6, 6.07) is 5.52. The van der Waals surface area contributed by atoms with Gasteiger partial charge in [0, 0.05) is 29.8 Å². The summed E-state index contributed by atoms with van der Waals surface area (Å²) in [7, 11) is 1.77. The zero-order valence-corrected chi connectivity index (χ0v) is 13.8. The number of fused-ring (bicyclic) bond motifs is 3. The normalized spacial score (nSPS) is 31.7. The molecule has 3 rings (SSSR count). The lowest BCUT2D eigenvalue weighted by Crippen LogP contribution is -2.59. The number of amides is 1. The Hall–Kier alpha value is -1.26. The largest absolute Gasteiger partial charge is 0.362 e. The fourth-order valence-corrected chi connectivity index (χ4v) is 3.84. The Morgan fingerprint density at radius 3 is 2.52 bits per heavy atom. The molecule has 4 nitrogen and oxygen atoms in total. The predicted octanol–water partition coefficient (Wildman–Crippen LogP) is 2.38. The Kier molecular flexibility index (Phi) is 2.74. The second kappa shape index (κ2) is 3.93. The van der Waals surface area contributed by atoms with Crippen LogP contribution in [0.1, 0.15) is 33.3 Å². The van der Waals surface area contributed by atoms with Crippen LogP contribution in [0.25, 0.3) is 0 Å². The Bertz CT molecular complexity index is 640. The first-order valence-electron chi connectivity index (χ1n) is 7.12. The number of halogens is 1. The molecule has 1 saturated heterocycles. The van der Waals surface area contributed by atoms with Crippen LogP contribution in [-0.4, -0.2) is 40.8 Å². The molecule has 2 heterocycles. The number of likely N-dealkylation sites (N-methyl/N-ethyl adjacent to an activating group) is 1.